The average molecular weight is 205 g/mol. The molecule has 0 amide bonds. The van der Waals surface area contributed by atoms with Crippen molar-refractivity contribution in [1.29, 1.82) is 0 Å². The zero-order valence-corrected chi connectivity index (χ0v) is 7.38. The predicted octanol–water partition coefficient (Wildman–Crippen LogP) is 0.813. The Hall–Kier alpha value is -1.43. The van der Waals surface area contributed by atoms with Gasteiger partial charge in [-0.1, -0.05) is 0 Å². The molecular formula is C8H9F2NO3. The van der Waals surface area contributed by atoms with Gasteiger partial charge in [-0.2, -0.15) is 0 Å². The number of nitrogens with one attached hydrogen (secondary N) is 1. The molecule has 0 radical (unpaired) electrons. The van der Waals surface area contributed by atoms with Crippen molar-refractivity contribution in [3.05, 3.63) is 27.7 Å². The lowest BCUT2D eigenvalue weighted by Gasteiger charge is -2.07. The van der Waals surface area contributed by atoms with Crippen molar-refractivity contribution < 1.29 is 18.6 Å². The molecule has 0 unspecified atom stereocenters. The fourth-order valence-corrected chi connectivity index (χ4v) is 1.04. The summed E-state index contributed by atoms with van der Waals surface area (Å²) in [5.74, 6) is -0.197. The second-order valence-electron chi connectivity index (χ2n) is 2.56. The molecule has 14 heavy (non-hydrogen) atoms. The molecule has 1 rings (SSSR count). The quantitative estimate of drug-likeness (QED) is 0.767. The highest BCUT2D eigenvalue weighted by atomic mass is 19.3. The van der Waals surface area contributed by atoms with Crippen LogP contribution in [0.4, 0.5) is 8.78 Å². The molecule has 4 nitrogen and oxygen atoms in total. The van der Waals surface area contributed by atoms with Gasteiger partial charge in [-0.3, -0.25) is 4.79 Å². The van der Waals surface area contributed by atoms with Gasteiger partial charge in [0.1, 0.15) is 0 Å². The van der Waals surface area contributed by atoms with E-state index in [-0.39, 0.29) is 11.4 Å². The molecule has 0 aliphatic carbocycles. The van der Waals surface area contributed by atoms with E-state index in [9.17, 15) is 13.6 Å². The predicted molar refractivity (Wildman–Crippen MR) is 44.5 cm³/mol. The van der Waals surface area contributed by atoms with Crippen molar-refractivity contribution in [3.8, 4) is 5.75 Å². The molecule has 78 valence electrons. The number of rotatable bonds is 3. The van der Waals surface area contributed by atoms with Crippen LogP contribution in [0.2, 0.25) is 0 Å². The van der Waals surface area contributed by atoms with Crippen molar-refractivity contribution in [2.24, 2.45) is 0 Å². The molecule has 1 heterocycles. The number of pyridine rings is 1. The van der Waals surface area contributed by atoms with E-state index in [0.29, 0.717) is 0 Å². The third-order valence-corrected chi connectivity index (χ3v) is 1.74. The van der Waals surface area contributed by atoms with Crippen molar-refractivity contribution in [2.45, 2.75) is 13.0 Å². The Bertz CT molecular complexity index is 375. The molecule has 0 spiro atoms. The van der Waals surface area contributed by atoms with E-state index in [1.807, 2.05) is 0 Å². The first-order valence-corrected chi connectivity index (χ1v) is 3.79. The first kappa shape index (κ1) is 10.6. The summed E-state index contributed by atoms with van der Waals surface area (Å²) in [6.07, 6.45) is -2.76. The molecule has 0 aliphatic rings. The molecule has 1 aromatic rings. The standard InChI is InChI=1S/C8H9F2NO3/c1-14-6-2-4(7(9)10)5(3-12)11-8(6)13/h2,7,12H,3H2,1H3,(H,11,13). The van der Waals surface area contributed by atoms with Gasteiger partial charge in [0, 0.05) is 5.56 Å². The Kier molecular flexibility index (Phi) is 3.19. The number of aromatic nitrogens is 1. The number of ether oxygens (including phenoxy) is 1. The van der Waals surface area contributed by atoms with E-state index < -0.39 is 24.2 Å². The Balaban J connectivity index is 3.32. The zero-order chi connectivity index (χ0) is 10.7. The first-order chi connectivity index (χ1) is 6.60. The molecule has 6 heteroatoms. The molecule has 0 saturated carbocycles. The summed E-state index contributed by atoms with van der Waals surface area (Å²) in [4.78, 5) is 13.2. The molecule has 2 N–H and O–H groups in total. The van der Waals surface area contributed by atoms with Crippen LogP contribution in [0.5, 0.6) is 5.75 Å². The SMILES string of the molecule is COc1cc(C(F)F)c(CO)[nH]c1=O. The number of methoxy groups -OCH3 is 1. The highest BCUT2D eigenvalue weighted by Crippen LogP contribution is 2.23. The Morgan fingerprint density at radius 1 is 1.64 bits per heavy atom. The monoisotopic (exact) mass is 205 g/mol. The number of alkyl halides is 2. The Labute approximate surface area is 78.1 Å². The summed E-state index contributed by atoms with van der Waals surface area (Å²) in [5, 5.41) is 8.71. The van der Waals surface area contributed by atoms with Gasteiger partial charge in [0.25, 0.3) is 12.0 Å². The van der Waals surface area contributed by atoms with Crippen LogP contribution in [0.1, 0.15) is 17.7 Å². The molecule has 0 saturated heterocycles. The van der Waals surface area contributed by atoms with Gasteiger partial charge in [-0.25, -0.2) is 8.78 Å². The van der Waals surface area contributed by atoms with Crippen molar-refractivity contribution >= 4 is 0 Å². The maximum absolute atomic E-state index is 12.4. The molecular weight excluding hydrogens is 196 g/mol. The van der Waals surface area contributed by atoms with Gasteiger partial charge >= 0.3 is 0 Å². The molecule has 0 aliphatic heterocycles. The number of aliphatic hydroxyl groups is 1. The van der Waals surface area contributed by atoms with Gasteiger partial charge in [0.15, 0.2) is 5.75 Å². The normalized spacial score (nSPS) is 10.6. The summed E-state index contributed by atoms with van der Waals surface area (Å²) in [5.41, 5.74) is -1.25. The van der Waals surface area contributed by atoms with Gasteiger partial charge in [-0.05, 0) is 6.07 Å². The van der Waals surface area contributed by atoms with Gasteiger partial charge in [-0.15, -0.1) is 0 Å². The van der Waals surface area contributed by atoms with Gasteiger partial charge < -0.3 is 14.8 Å². The molecule has 1 aromatic heterocycles. The van der Waals surface area contributed by atoms with Crippen molar-refractivity contribution in [2.75, 3.05) is 7.11 Å². The van der Waals surface area contributed by atoms with Crippen LogP contribution in [0.25, 0.3) is 0 Å². The summed E-state index contributed by atoms with van der Waals surface area (Å²) < 4.78 is 29.3. The minimum atomic E-state index is -2.76. The zero-order valence-electron chi connectivity index (χ0n) is 7.38. The van der Waals surface area contributed by atoms with Crippen LogP contribution in [0.15, 0.2) is 10.9 Å². The molecule has 0 atom stereocenters. The molecule has 0 fully saturated rings. The smallest absolute Gasteiger partial charge is 0.290 e. The highest BCUT2D eigenvalue weighted by molar-refractivity contribution is 5.30. The third kappa shape index (κ3) is 1.90. The Morgan fingerprint density at radius 2 is 2.29 bits per heavy atom. The van der Waals surface area contributed by atoms with E-state index in [4.69, 9.17) is 5.11 Å². The van der Waals surface area contributed by atoms with E-state index in [1.54, 1.807) is 0 Å². The summed E-state index contributed by atoms with van der Waals surface area (Å²) >= 11 is 0. The molecule has 0 bridgehead atoms. The second kappa shape index (κ2) is 4.19. The average Bonchev–Trinajstić information content (AvgIpc) is 2.16. The lowest BCUT2D eigenvalue weighted by Crippen LogP contribution is -2.14. The third-order valence-electron chi connectivity index (χ3n) is 1.74. The molecule has 0 aromatic carbocycles. The number of hydrogen-bond donors (Lipinski definition) is 2. The van der Waals surface area contributed by atoms with Crippen LogP contribution >= 0.6 is 0 Å². The minimum absolute atomic E-state index is 0.189. The highest BCUT2D eigenvalue weighted by Gasteiger charge is 2.16. The van der Waals surface area contributed by atoms with Crippen LogP contribution in [-0.2, 0) is 6.61 Å². The number of aliphatic hydroxyl groups excluding tert-OH is 1. The minimum Gasteiger partial charge on any atom is -0.491 e. The summed E-state index contributed by atoms with van der Waals surface area (Å²) in [6, 6.07) is 0.926. The number of aromatic amines is 1. The summed E-state index contributed by atoms with van der Waals surface area (Å²) in [7, 11) is 1.21. The van der Waals surface area contributed by atoms with Gasteiger partial charge in [0.2, 0.25) is 0 Å². The fraction of sp³-hybridized carbons (Fsp3) is 0.375. The van der Waals surface area contributed by atoms with Gasteiger partial charge in [0.05, 0.1) is 19.4 Å². The largest absolute Gasteiger partial charge is 0.491 e. The first-order valence-electron chi connectivity index (χ1n) is 3.79. The number of hydrogen-bond acceptors (Lipinski definition) is 3. The van der Waals surface area contributed by atoms with E-state index in [1.165, 1.54) is 7.11 Å². The van der Waals surface area contributed by atoms with E-state index in [2.05, 4.69) is 9.72 Å². The van der Waals surface area contributed by atoms with Crippen LogP contribution < -0.4 is 10.3 Å². The fourth-order valence-electron chi connectivity index (χ4n) is 1.04. The lowest BCUT2D eigenvalue weighted by molar-refractivity contribution is 0.145. The van der Waals surface area contributed by atoms with Crippen LogP contribution in [0.3, 0.4) is 0 Å². The van der Waals surface area contributed by atoms with Crippen molar-refractivity contribution in [3.63, 3.8) is 0 Å². The Morgan fingerprint density at radius 3 is 2.71 bits per heavy atom. The van der Waals surface area contributed by atoms with E-state index in [0.717, 1.165) is 6.07 Å². The van der Waals surface area contributed by atoms with E-state index >= 15 is 0 Å². The number of H-pyrrole nitrogens is 1. The van der Waals surface area contributed by atoms with Crippen molar-refractivity contribution in [1.82, 2.24) is 4.98 Å². The van der Waals surface area contributed by atoms with Crippen LogP contribution in [-0.4, -0.2) is 17.2 Å². The maximum atomic E-state index is 12.4. The topological polar surface area (TPSA) is 62.3 Å². The maximum Gasteiger partial charge on any atom is 0.290 e. The second-order valence-corrected chi connectivity index (χ2v) is 2.56. The lowest BCUT2D eigenvalue weighted by atomic mass is 10.2. The van der Waals surface area contributed by atoms with Crippen LogP contribution in [0, 0.1) is 0 Å². The summed E-state index contributed by atoms with van der Waals surface area (Å²) in [6.45, 7) is -0.640. The number of halogens is 2.